The van der Waals surface area contributed by atoms with Gasteiger partial charge in [0.1, 0.15) is 11.3 Å². The largest absolute Gasteiger partial charge is 0.492 e. The van der Waals surface area contributed by atoms with Crippen LogP contribution in [-0.2, 0) is 10.0 Å². The Hall–Kier alpha value is -2.03. The van der Waals surface area contributed by atoms with Crippen LogP contribution in [0.1, 0.15) is 5.56 Å². The molecule has 0 saturated heterocycles. The van der Waals surface area contributed by atoms with Crippen molar-refractivity contribution in [1.29, 1.82) is 0 Å². The van der Waals surface area contributed by atoms with Crippen LogP contribution >= 0.6 is 11.8 Å². The van der Waals surface area contributed by atoms with Gasteiger partial charge in [0.25, 0.3) is 5.22 Å². The number of hydrogen-bond acceptors (Lipinski definition) is 6. The molecule has 0 aliphatic carbocycles. The summed E-state index contributed by atoms with van der Waals surface area (Å²) in [5, 5.41) is 0.493. The summed E-state index contributed by atoms with van der Waals surface area (Å²) in [4.78, 5) is 4.56. The van der Waals surface area contributed by atoms with Crippen molar-refractivity contribution >= 4 is 32.9 Å². The van der Waals surface area contributed by atoms with Gasteiger partial charge < -0.3 is 9.15 Å². The van der Waals surface area contributed by atoms with E-state index in [0.717, 1.165) is 11.3 Å². The van der Waals surface area contributed by atoms with Gasteiger partial charge in [0.05, 0.1) is 11.5 Å². The highest BCUT2D eigenvalue weighted by Crippen LogP contribution is 2.26. The van der Waals surface area contributed by atoms with Gasteiger partial charge in [-0.1, -0.05) is 30.0 Å². The Labute approximate surface area is 157 Å². The Morgan fingerprint density at radius 3 is 2.69 bits per heavy atom. The van der Waals surface area contributed by atoms with E-state index in [1.807, 2.05) is 31.2 Å². The molecule has 1 aromatic heterocycles. The highest BCUT2D eigenvalue weighted by molar-refractivity contribution is 7.99. The van der Waals surface area contributed by atoms with Gasteiger partial charge in [0.2, 0.25) is 10.0 Å². The number of benzene rings is 2. The third-order valence-electron chi connectivity index (χ3n) is 3.78. The third kappa shape index (κ3) is 4.03. The average molecular weight is 393 g/mol. The van der Waals surface area contributed by atoms with E-state index in [-0.39, 0.29) is 4.90 Å². The second-order valence-corrected chi connectivity index (χ2v) is 9.06. The molecule has 0 unspecified atom stereocenters. The van der Waals surface area contributed by atoms with Crippen LogP contribution in [0.2, 0.25) is 0 Å². The summed E-state index contributed by atoms with van der Waals surface area (Å²) in [7, 11) is -0.494. The summed E-state index contributed by atoms with van der Waals surface area (Å²) in [6.07, 6.45) is 0. The predicted octanol–water partition coefficient (Wildman–Crippen LogP) is 3.56. The molecule has 0 N–H and O–H groups in total. The van der Waals surface area contributed by atoms with E-state index in [1.165, 1.54) is 42.3 Å². The van der Waals surface area contributed by atoms with E-state index in [0.29, 0.717) is 28.7 Å². The van der Waals surface area contributed by atoms with Crippen LogP contribution in [0.5, 0.6) is 5.75 Å². The molecule has 0 aliphatic heterocycles. The Kier molecular flexibility index (Phi) is 5.55. The third-order valence-corrected chi connectivity index (χ3v) is 6.38. The zero-order chi connectivity index (χ0) is 18.7. The summed E-state index contributed by atoms with van der Waals surface area (Å²) in [6.45, 7) is 2.52. The lowest BCUT2D eigenvalue weighted by atomic mass is 10.2. The highest BCUT2D eigenvalue weighted by atomic mass is 32.2. The van der Waals surface area contributed by atoms with Crippen LogP contribution in [0.15, 0.2) is 57.0 Å². The van der Waals surface area contributed by atoms with Crippen molar-refractivity contribution < 1.29 is 17.6 Å². The van der Waals surface area contributed by atoms with E-state index in [1.54, 1.807) is 6.07 Å². The van der Waals surface area contributed by atoms with Gasteiger partial charge in [0, 0.05) is 19.8 Å². The molecule has 26 heavy (non-hydrogen) atoms. The molecule has 3 rings (SSSR count). The van der Waals surface area contributed by atoms with Crippen molar-refractivity contribution in [2.24, 2.45) is 0 Å². The fourth-order valence-corrected chi connectivity index (χ4v) is 3.89. The second-order valence-electron chi connectivity index (χ2n) is 5.86. The molecule has 8 heteroatoms. The van der Waals surface area contributed by atoms with Crippen molar-refractivity contribution in [1.82, 2.24) is 9.29 Å². The van der Waals surface area contributed by atoms with Crippen LogP contribution in [0.4, 0.5) is 0 Å². The van der Waals surface area contributed by atoms with Crippen LogP contribution < -0.4 is 4.74 Å². The maximum absolute atomic E-state index is 12.2. The number of para-hydroxylation sites is 1. The normalized spacial score (nSPS) is 12.0. The van der Waals surface area contributed by atoms with Gasteiger partial charge in [-0.25, -0.2) is 17.7 Å². The van der Waals surface area contributed by atoms with Crippen LogP contribution in [0.25, 0.3) is 11.1 Å². The van der Waals surface area contributed by atoms with Crippen LogP contribution in [0.3, 0.4) is 0 Å². The van der Waals surface area contributed by atoms with E-state index < -0.39 is 10.0 Å². The van der Waals surface area contributed by atoms with Crippen LogP contribution in [-0.4, -0.2) is 44.2 Å². The minimum atomic E-state index is -3.49. The minimum Gasteiger partial charge on any atom is -0.492 e. The molecule has 2 aromatic carbocycles. The molecular formula is C18H20N2O4S2. The number of sulfonamides is 1. The molecule has 0 amide bonds. The summed E-state index contributed by atoms with van der Waals surface area (Å²) < 4.78 is 37.0. The SMILES string of the molecule is Cc1ccccc1OCCSc1nc2cc(S(=O)(=O)N(C)C)ccc2o1. The number of aryl methyl sites for hydroxylation is 1. The van der Waals surface area contributed by atoms with Gasteiger partial charge in [-0.15, -0.1) is 0 Å². The first-order valence-corrected chi connectivity index (χ1v) is 10.4. The average Bonchev–Trinajstić information content (AvgIpc) is 3.02. The standard InChI is InChI=1S/C18H20N2O4S2/c1-13-6-4-5-7-16(13)23-10-11-25-18-19-15-12-14(8-9-17(15)24-18)26(21,22)20(2)3/h4-9,12H,10-11H2,1-3H3. The van der Waals surface area contributed by atoms with E-state index in [9.17, 15) is 8.42 Å². The zero-order valence-corrected chi connectivity index (χ0v) is 16.4. The molecule has 6 nitrogen and oxygen atoms in total. The molecule has 0 bridgehead atoms. The number of ether oxygens (including phenoxy) is 1. The van der Waals surface area contributed by atoms with Gasteiger partial charge in [-0.05, 0) is 36.8 Å². The summed E-state index contributed by atoms with van der Waals surface area (Å²) in [6, 6.07) is 12.5. The van der Waals surface area contributed by atoms with Crippen molar-refractivity contribution in [3.8, 4) is 5.75 Å². The molecule has 138 valence electrons. The Morgan fingerprint density at radius 2 is 1.96 bits per heavy atom. The fraction of sp³-hybridized carbons (Fsp3) is 0.278. The number of hydrogen-bond donors (Lipinski definition) is 0. The van der Waals surface area contributed by atoms with E-state index in [2.05, 4.69) is 4.98 Å². The molecular weight excluding hydrogens is 372 g/mol. The smallest absolute Gasteiger partial charge is 0.256 e. The lowest BCUT2D eigenvalue weighted by molar-refractivity contribution is 0.341. The van der Waals surface area contributed by atoms with Gasteiger partial charge in [-0.3, -0.25) is 0 Å². The molecule has 0 spiro atoms. The monoisotopic (exact) mass is 392 g/mol. The number of fused-ring (bicyclic) bond motifs is 1. The molecule has 0 atom stereocenters. The quantitative estimate of drug-likeness (QED) is 0.452. The molecule has 1 heterocycles. The zero-order valence-electron chi connectivity index (χ0n) is 14.8. The van der Waals surface area contributed by atoms with Gasteiger partial charge in [0.15, 0.2) is 5.58 Å². The lowest BCUT2D eigenvalue weighted by Crippen LogP contribution is -2.22. The van der Waals surface area contributed by atoms with E-state index in [4.69, 9.17) is 9.15 Å². The fourth-order valence-electron chi connectivity index (χ4n) is 2.32. The van der Waals surface area contributed by atoms with Gasteiger partial charge in [-0.2, -0.15) is 0 Å². The highest BCUT2D eigenvalue weighted by Gasteiger charge is 2.19. The Balaban J connectivity index is 1.65. The lowest BCUT2D eigenvalue weighted by Gasteiger charge is -2.10. The minimum absolute atomic E-state index is 0.197. The number of thioether (sulfide) groups is 1. The molecule has 0 fully saturated rings. The van der Waals surface area contributed by atoms with Crippen LogP contribution in [0, 0.1) is 6.92 Å². The molecule has 0 radical (unpaired) electrons. The topological polar surface area (TPSA) is 72.6 Å². The van der Waals surface area contributed by atoms with Crippen molar-refractivity contribution in [2.75, 3.05) is 26.5 Å². The maximum atomic E-state index is 12.2. The van der Waals surface area contributed by atoms with Crippen molar-refractivity contribution in [3.05, 3.63) is 48.0 Å². The Morgan fingerprint density at radius 1 is 1.19 bits per heavy atom. The van der Waals surface area contributed by atoms with Gasteiger partial charge >= 0.3 is 0 Å². The van der Waals surface area contributed by atoms with Crippen molar-refractivity contribution in [2.45, 2.75) is 17.0 Å². The first kappa shape index (κ1) is 18.8. The summed E-state index contributed by atoms with van der Waals surface area (Å²) in [5.41, 5.74) is 2.18. The summed E-state index contributed by atoms with van der Waals surface area (Å²) in [5.74, 6) is 1.54. The van der Waals surface area contributed by atoms with E-state index >= 15 is 0 Å². The first-order chi connectivity index (χ1) is 12.4. The number of nitrogens with zero attached hydrogens (tertiary/aromatic N) is 2. The second kappa shape index (κ2) is 7.69. The number of oxazole rings is 1. The molecule has 0 saturated carbocycles. The number of rotatable bonds is 7. The molecule has 0 aliphatic rings. The summed E-state index contributed by atoms with van der Waals surface area (Å²) >= 11 is 1.43. The predicted molar refractivity (Wildman–Crippen MR) is 102 cm³/mol. The number of aromatic nitrogens is 1. The Bertz CT molecular complexity index is 1010. The first-order valence-electron chi connectivity index (χ1n) is 8.02. The van der Waals surface area contributed by atoms with Crippen molar-refractivity contribution in [3.63, 3.8) is 0 Å². The molecule has 3 aromatic rings. The maximum Gasteiger partial charge on any atom is 0.256 e.